The maximum atomic E-state index is 12.8. The summed E-state index contributed by atoms with van der Waals surface area (Å²) in [4.78, 5) is 2.85. The van der Waals surface area contributed by atoms with Gasteiger partial charge in [0.1, 0.15) is 0 Å². The predicted molar refractivity (Wildman–Crippen MR) is 120 cm³/mol. The second-order valence-electron chi connectivity index (χ2n) is 8.66. The van der Waals surface area contributed by atoms with Crippen LogP contribution in [0.15, 0.2) is 53.4 Å². The van der Waals surface area contributed by atoms with Gasteiger partial charge >= 0.3 is 0 Å². The zero-order valence-electron chi connectivity index (χ0n) is 17.7. The van der Waals surface area contributed by atoms with Gasteiger partial charge in [0, 0.05) is 25.7 Å². The highest BCUT2D eigenvalue weighted by Gasteiger charge is 2.29. The number of aliphatic hydroxyl groups is 1. The van der Waals surface area contributed by atoms with E-state index >= 15 is 0 Å². The molecule has 30 heavy (non-hydrogen) atoms. The highest BCUT2D eigenvalue weighted by Crippen LogP contribution is 2.25. The van der Waals surface area contributed by atoms with E-state index in [1.165, 1.54) is 29.3 Å². The van der Waals surface area contributed by atoms with E-state index in [0.717, 1.165) is 24.1 Å². The number of rotatable bonds is 6. The Labute approximate surface area is 180 Å². The molecule has 0 unspecified atom stereocenters. The molecule has 2 fully saturated rings. The molecule has 2 aromatic rings. The van der Waals surface area contributed by atoms with Gasteiger partial charge in [-0.05, 0) is 74.4 Å². The van der Waals surface area contributed by atoms with Crippen LogP contribution in [0.25, 0.3) is 11.1 Å². The molecule has 0 spiro atoms. The molecule has 4 rings (SSSR count). The normalized spacial score (nSPS) is 23.7. The van der Waals surface area contributed by atoms with Crippen LogP contribution in [0.2, 0.25) is 0 Å². The number of piperidine rings is 1. The van der Waals surface area contributed by atoms with Crippen molar-refractivity contribution in [1.82, 2.24) is 9.21 Å². The Hall–Kier alpha value is -1.73. The smallest absolute Gasteiger partial charge is 0.243 e. The average Bonchev–Trinajstić information content (AvgIpc) is 3.17. The molecule has 2 heterocycles. The third-order valence-electron chi connectivity index (χ3n) is 6.52. The molecule has 2 aromatic carbocycles. The van der Waals surface area contributed by atoms with Crippen molar-refractivity contribution in [3.63, 3.8) is 0 Å². The van der Waals surface area contributed by atoms with Gasteiger partial charge in [-0.25, -0.2) is 8.42 Å². The van der Waals surface area contributed by atoms with Gasteiger partial charge in [-0.1, -0.05) is 36.4 Å². The van der Waals surface area contributed by atoms with Crippen molar-refractivity contribution >= 4 is 10.0 Å². The van der Waals surface area contributed by atoms with Crippen LogP contribution in [0.1, 0.15) is 38.2 Å². The summed E-state index contributed by atoms with van der Waals surface area (Å²) in [6, 6.07) is 16.4. The molecule has 1 N–H and O–H groups in total. The van der Waals surface area contributed by atoms with Crippen molar-refractivity contribution in [2.24, 2.45) is 0 Å². The highest BCUT2D eigenvalue weighted by molar-refractivity contribution is 7.89. The zero-order chi connectivity index (χ0) is 21.1. The van der Waals surface area contributed by atoms with Crippen LogP contribution in [0.5, 0.6) is 0 Å². The van der Waals surface area contributed by atoms with E-state index in [0.29, 0.717) is 25.4 Å². The van der Waals surface area contributed by atoms with Crippen molar-refractivity contribution in [1.29, 1.82) is 0 Å². The van der Waals surface area contributed by atoms with Crippen LogP contribution in [0.4, 0.5) is 0 Å². The Morgan fingerprint density at radius 1 is 0.933 bits per heavy atom. The lowest BCUT2D eigenvalue weighted by Crippen LogP contribution is -2.42. The van der Waals surface area contributed by atoms with Crippen LogP contribution >= 0.6 is 0 Å². The highest BCUT2D eigenvalue weighted by atomic mass is 32.2. The molecular weight excluding hydrogens is 396 g/mol. The lowest BCUT2D eigenvalue weighted by molar-refractivity contribution is 0.108. The minimum absolute atomic E-state index is 0.182. The summed E-state index contributed by atoms with van der Waals surface area (Å²) in [6.45, 7) is 5.29. The summed E-state index contributed by atoms with van der Waals surface area (Å²) >= 11 is 0. The van der Waals surface area contributed by atoms with Gasteiger partial charge in [0.2, 0.25) is 10.0 Å². The number of sulfonamides is 1. The predicted octanol–water partition coefficient (Wildman–Crippen LogP) is 3.53. The number of aliphatic hydroxyl groups excluding tert-OH is 1. The molecule has 0 bridgehead atoms. The summed E-state index contributed by atoms with van der Waals surface area (Å²) in [7, 11) is -3.55. The van der Waals surface area contributed by atoms with Gasteiger partial charge in [0.15, 0.2) is 0 Å². The molecule has 2 aliphatic rings. The minimum atomic E-state index is -3.55. The summed E-state index contributed by atoms with van der Waals surface area (Å²) in [5.74, 6) is 0. The second kappa shape index (κ2) is 9.18. The number of benzene rings is 2. The lowest BCUT2D eigenvalue weighted by Gasteiger charge is -2.29. The van der Waals surface area contributed by atoms with Crippen molar-refractivity contribution in [3.8, 4) is 11.1 Å². The summed E-state index contributed by atoms with van der Waals surface area (Å²) < 4.78 is 27.1. The second-order valence-corrected chi connectivity index (χ2v) is 10.6. The third kappa shape index (κ3) is 4.78. The maximum Gasteiger partial charge on any atom is 0.243 e. The lowest BCUT2D eigenvalue weighted by atomic mass is 10.0. The van der Waals surface area contributed by atoms with Gasteiger partial charge in [-0.3, -0.25) is 0 Å². The molecule has 0 amide bonds. The number of likely N-dealkylation sites (tertiary alicyclic amines) is 1. The molecule has 0 radical (unpaired) electrons. The SMILES string of the molecule is C[C@@H]1CCCN1CCc1ccc(-c2ccc(S(=O)(=O)N3CCC[C@@H](O)C3)cc2)cc1. The molecular formula is C24H32N2O3S. The Balaban J connectivity index is 1.41. The largest absolute Gasteiger partial charge is 0.392 e. The Bertz CT molecular complexity index is 941. The molecule has 2 aliphatic heterocycles. The standard InChI is InChI=1S/C24H32N2O3S/c1-19-4-2-15-25(19)17-14-20-6-8-21(9-7-20)22-10-12-24(13-11-22)30(28,29)26-16-3-5-23(27)18-26/h6-13,19,23,27H,2-5,14-18H2,1H3/t19-,23-/m1/s1. The van der Waals surface area contributed by atoms with Crippen LogP contribution in [0, 0.1) is 0 Å². The quantitative estimate of drug-likeness (QED) is 0.765. The number of hydrogen-bond acceptors (Lipinski definition) is 4. The van der Waals surface area contributed by atoms with Gasteiger partial charge in [0.05, 0.1) is 11.0 Å². The van der Waals surface area contributed by atoms with Crippen molar-refractivity contribution in [2.75, 3.05) is 26.2 Å². The third-order valence-corrected chi connectivity index (χ3v) is 8.40. The van der Waals surface area contributed by atoms with E-state index < -0.39 is 16.1 Å². The number of hydrogen-bond donors (Lipinski definition) is 1. The first-order chi connectivity index (χ1) is 14.4. The van der Waals surface area contributed by atoms with Crippen molar-refractivity contribution < 1.29 is 13.5 Å². The van der Waals surface area contributed by atoms with Crippen molar-refractivity contribution in [2.45, 2.75) is 56.1 Å². The Morgan fingerprint density at radius 3 is 2.17 bits per heavy atom. The fourth-order valence-electron chi connectivity index (χ4n) is 4.57. The molecule has 2 atom stereocenters. The Kier molecular flexibility index (Phi) is 6.58. The first kappa shape index (κ1) is 21.5. The van der Waals surface area contributed by atoms with Gasteiger partial charge < -0.3 is 10.0 Å². The monoisotopic (exact) mass is 428 g/mol. The van der Waals surface area contributed by atoms with E-state index in [1.54, 1.807) is 12.1 Å². The van der Waals surface area contributed by atoms with Crippen LogP contribution in [0.3, 0.4) is 0 Å². The summed E-state index contributed by atoms with van der Waals surface area (Å²) in [5, 5.41) is 9.81. The minimum Gasteiger partial charge on any atom is -0.392 e. The number of nitrogens with zero attached hydrogens (tertiary/aromatic N) is 2. The molecule has 6 heteroatoms. The molecule has 0 aliphatic carbocycles. The fraction of sp³-hybridized carbons (Fsp3) is 0.500. The van der Waals surface area contributed by atoms with Crippen LogP contribution in [-0.4, -0.2) is 61.1 Å². The zero-order valence-corrected chi connectivity index (χ0v) is 18.5. The molecule has 162 valence electrons. The molecule has 0 aromatic heterocycles. The van der Waals surface area contributed by atoms with Crippen molar-refractivity contribution in [3.05, 3.63) is 54.1 Å². The summed E-state index contributed by atoms with van der Waals surface area (Å²) in [6.07, 6.45) is 4.47. The average molecular weight is 429 g/mol. The first-order valence-electron chi connectivity index (χ1n) is 11.0. The van der Waals surface area contributed by atoms with Gasteiger partial charge in [0.25, 0.3) is 0 Å². The van der Waals surface area contributed by atoms with Gasteiger partial charge in [-0.15, -0.1) is 0 Å². The number of β-amino-alcohol motifs (C(OH)–C–C–N with tert-alkyl or cyclic N) is 1. The van der Waals surface area contributed by atoms with E-state index in [9.17, 15) is 13.5 Å². The fourth-order valence-corrected chi connectivity index (χ4v) is 6.09. The van der Waals surface area contributed by atoms with Crippen LogP contribution in [-0.2, 0) is 16.4 Å². The molecule has 5 nitrogen and oxygen atoms in total. The van der Waals surface area contributed by atoms with Gasteiger partial charge in [-0.2, -0.15) is 4.31 Å². The molecule has 2 saturated heterocycles. The van der Waals surface area contributed by atoms with E-state index in [2.05, 4.69) is 36.1 Å². The molecule has 0 saturated carbocycles. The topological polar surface area (TPSA) is 60.9 Å². The van der Waals surface area contributed by atoms with E-state index in [1.807, 2.05) is 12.1 Å². The Morgan fingerprint density at radius 2 is 1.57 bits per heavy atom. The van der Waals surface area contributed by atoms with E-state index in [4.69, 9.17) is 0 Å². The van der Waals surface area contributed by atoms with Crippen LogP contribution < -0.4 is 0 Å². The van der Waals surface area contributed by atoms with E-state index in [-0.39, 0.29) is 11.4 Å². The maximum absolute atomic E-state index is 12.8. The summed E-state index contributed by atoms with van der Waals surface area (Å²) in [5.41, 5.74) is 3.43. The first-order valence-corrected chi connectivity index (χ1v) is 12.5.